The molecule has 1 unspecified atom stereocenters. The molecule has 106 valence electrons. The Kier molecular flexibility index (Phi) is 3.64. The predicted molar refractivity (Wildman–Crippen MR) is 77.8 cm³/mol. The van der Waals surface area contributed by atoms with Crippen LogP contribution in [-0.4, -0.2) is 33.3 Å². The summed E-state index contributed by atoms with van der Waals surface area (Å²) in [7, 11) is 0. The molecular weight excluding hydrogens is 252 g/mol. The monoisotopic (exact) mass is 272 g/mol. The van der Waals surface area contributed by atoms with Gasteiger partial charge in [-0.15, -0.1) is 5.10 Å². The van der Waals surface area contributed by atoms with E-state index in [2.05, 4.69) is 32.6 Å². The van der Waals surface area contributed by atoms with Crippen molar-refractivity contribution in [2.45, 2.75) is 32.2 Å². The van der Waals surface area contributed by atoms with Crippen molar-refractivity contribution in [1.82, 2.24) is 20.2 Å². The molecule has 0 amide bonds. The standard InChI is InChI=1S/C14H20N6/c1-11(15)14-16-17-18-20(14)13-7-5-12(6-8-13)19-9-3-2-4-10-19/h5-8,11H,2-4,9-10,15H2,1H3. The molecule has 2 heterocycles. The van der Waals surface area contributed by atoms with Crippen LogP contribution in [0.4, 0.5) is 5.69 Å². The Morgan fingerprint density at radius 3 is 2.35 bits per heavy atom. The van der Waals surface area contributed by atoms with Gasteiger partial charge in [-0.3, -0.25) is 0 Å². The lowest BCUT2D eigenvalue weighted by Gasteiger charge is -2.28. The molecule has 1 aliphatic heterocycles. The summed E-state index contributed by atoms with van der Waals surface area (Å²) in [6.07, 6.45) is 3.91. The first kappa shape index (κ1) is 13.1. The maximum absolute atomic E-state index is 5.87. The molecule has 2 aromatic rings. The van der Waals surface area contributed by atoms with Crippen LogP contribution in [0.2, 0.25) is 0 Å². The molecule has 0 bridgehead atoms. The highest BCUT2D eigenvalue weighted by Gasteiger charge is 2.14. The zero-order chi connectivity index (χ0) is 13.9. The quantitative estimate of drug-likeness (QED) is 0.920. The second-order valence-corrected chi connectivity index (χ2v) is 5.30. The average molecular weight is 272 g/mol. The number of anilines is 1. The molecule has 3 rings (SSSR count). The number of nitrogens with zero attached hydrogens (tertiary/aromatic N) is 5. The van der Waals surface area contributed by atoms with E-state index in [0.717, 1.165) is 18.8 Å². The summed E-state index contributed by atoms with van der Waals surface area (Å²) < 4.78 is 1.70. The van der Waals surface area contributed by atoms with Gasteiger partial charge in [-0.2, -0.15) is 4.68 Å². The zero-order valence-corrected chi connectivity index (χ0v) is 11.7. The Morgan fingerprint density at radius 2 is 1.70 bits per heavy atom. The summed E-state index contributed by atoms with van der Waals surface area (Å²) in [6.45, 7) is 4.18. The second kappa shape index (κ2) is 5.58. The first-order valence-corrected chi connectivity index (χ1v) is 7.15. The molecule has 0 radical (unpaired) electrons. The van der Waals surface area contributed by atoms with Gasteiger partial charge in [-0.05, 0) is 60.9 Å². The van der Waals surface area contributed by atoms with Gasteiger partial charge < -0.3 is 10.6 Å². The third kappa shape index (κ3) is 2.51. The number of benzene rings is 1. The van der Waals surface area contributed by atoms with Crippen molar-refractivity contribution in [3.63, 3.8) is 0 Å². The van der Waals surface area contributed by atoms with E-state index in [4.69, 9.17) is 5.73 Å². The van der Waals surface area contributed by atoms with Crippen LogP contribution in [0.5, 0.6) is 0 Å². The Hall–Kier alpha value is -1.95. The molecule has 0 spiro atoms. The van der Waals surface area contributed by atoms with E-state index >= 15 is 0 Å². The number of piperidine rings is 1. The van der Waals surface area contributed by atoms with Gasteiger partial charge in [0.05, 0.1) is 11.7 Å². The zero-order valence-electron chi connectivity index (χ0n) is 11.7. The van der Waals surface area contributed by atoms with Crippen LogP contribution in [0, 0.1) is 0 Å². The van der Waals surface area contributed by atoms with Gasteiger partial charge in [0, 0.05) is 18.8 Å². The minimum atomic E-state index is -0.188. The summed E-state index contributed by atoms with van der Waals surface area (Å²) >= 11 is 0. The molecule has 1 aromatic carbocycles. The fourth-order valence-corrected chi connectivity index (χ4v) is 2.62. The van der Waals surface area contributed by atoms with Gasteiger partial charge in [0.2, 0.25) is 0 Å². The summed E-state index contributed by atoms with van der Waals surface area (Å²) in [5.74, 6) is 0.677. The maximum atomic E-state index is 5.87. The van der Waals surface area contributed by atoms with Crippen molar-refractivity contribution >= 4 is 5.69 Å². The Morgan fingerprint density at radius 1 is 1.05 bits per heavy atom. The highest BCUT2D eigenvalue weighted by atomic mass is 15.5. The number of hydrogen-bond acceptors (Lipinski definition) is 5. The summed E-state index contributed by atoms with van der Waals surface area (Å²) in [5.41, 5.74) is 8.09. The van der Waals surface area contributed by atoms with Crippen LogP contribution in [0.15, 0.2) is 24.3 Å². The fourth-order valence-electron chi connectivity index (χ4n) is 2.62. The van der Waals surface area contributed by atoms with E-state index < -0.39 is 0 Å². The van der Waals surface area contributed by atoms with E-state index in [1.807, 2.05) is 19.1 Å². The molecule has 6 nitrogen and oxygen atoms in total. The smallest absolute Gasteiger partial charge is 0.173 e. The van der Waals surface area contributed by atoms with Crippen LogP contribution in [0.1, 0.15) is 38.1 Å². The van der Waals surface area contributed by atoms with Gasteiger partial charge in [0.1, 0.15) is 0 Å². The third-order valence-electron chi connectivity index (χ3n) is 3.72. The van der Waals surface area contributed by atoms with Crippen LogP contribution in [-0.2, 0) is 0 Å². The van der Waals surface area contributed by atoms with E-state index in [9.17, 15) is 0 Å². The molecule has 1 atom stereocenters. The van der Waals surface area contributed by atoms with E-state index in [0.29, 0.717) is 5.82 Å². The number of hydrogen-bond donors (Lipinski definition) is 1. The molecular formula is C14H20N6. The van der Waals surface area contributed by atoms with E-state index in [1.165, 1.54) is 24.9 Å². The molecule has 0 saturated carbocycles. The topological polar surface area (TPSA) is 72.9 Å². The van der Waals surface area contributed by atoms with Crippen molar-refractivity contribution in [2.24, 2.45) is 5.73 Å². The van der Waals surface area contributed by atoms with Crippen LogP contribution in [0.3, 0.4) is 0 Å². The summed E-state index contributed by atoms with van der Waals surface area (Å²) in [4.78, 5) is 2.43. The average Bonchev–Trinajstić information content (AvgIpc) is 2.98. The molecule has 1 aliphatic rings. The van der Waals surface area contributed by atoms with Crippen molar-refractivity contribution in [2.75, 3.05) is 18.0 Å². The van der Waals surface area contributed by atoms with Crippen LogP contribution in [0.25, 0.3) is 5.69 Å². The first-order chi connectivity index (χ1) is 9.75. The lowest BCUT2D eigenvalue weighted by atomic mass is 10.1. The van der Waals surface area contributed by atoms with Crippen molar-refractivity contribution in [1.29, 1.82) is 0 Å². The summed E-state index contributed by atoms with van der Waals surface area (Å²) in [5, 5.41) is 11.7. The lowest BCUT2D eigenvalue weighted by molar-refractivity contribution is 0.578. The number of aromatic nitrogens is 4. The van der Waals surface area contributed by atoms with Gasteiger partial charge in [0.15, 0.2) is 5.82 Å². The lowest BCUT2D eigenvalue weighted by Crippen LogP contribution is -2.29. The molecule has 20 heavy (non-hydrogen) atoms. The van der Waals surface area contributed by atoms with E-state index in [1.54, 1.807) is 4.68 Å². The molecule has 1 fully saturated rings. The minimum absolute atomic E-state index is 0.188. The summed E-state index contributed by atoms with van der Waals surface area (Å²) in [6, 6.07) is 8.17. The molecule has 0 aliphatic carbocycles. The number of tetrazole rings is 1. The van der Waals surface area contributed by atoms with Crippen molar-refractivity contribution in [3.05, 3.63) is 30.1 Å². The van der Waals surface area contributed by atoms with Gasteiger partial charge >= 0.3 is 0 Å². The van der Waals surface area contributed by atoms with Gasteiger partial charge in [-0.1, -0.05) is 0 Å². The van der Waals surface area contributed by atoms with Gasteiger partial charge in [-0.25, -0.2) is 0 Å². The van der Waals surface area contributed by atoms with Crippen molar-refractivity contribution in [3.8, 4) is 5.69 Å². The van der Waals surface area contributed by atoms with Crippen LogP contribution >= 0.6 is 0 Å². The Bertz CT molecular complexity index is 553. The molecule has 6 heteroatoms. The maximum Gasteiger partial charge on any atom is 0.173 e. The van der Waals surface area contributed by atoms with E-state index in [-0.39, 0.29) is 6.04 Å². The highest BCUT2D eigenvalue weighted by molar-refractivity contribution is 5.51. The number of nitrogens with two attached hydrogens (primary N) is 1. The first-order valence-electron chi connectivity index (χ1n) is 7.15. The second-order valence-electron chi connectivity index (χ2n) is 5.30. The molecule has 1 aromatic heterocycles. The van der Waals surface area contributed by atoms with Crippen LogP contribution < -0.4 is 10.6 Å². The predicted octanol–water partition coefficient (Wildman–Crippen LogP) is 1.67. The minimum Gasteiger partial charge on any atom is -0.372 e. The largest absolute Gasteiger partial charge is 0.372 e. The SMILES string of the molecule is CC(N)c1nnnn1-c1ccc(N2CCCCC2)cc1. The molecule has 2 N–H and O–H groups in total. The normalized spacial score (nSPS) is 17.2. The molecule has 1 saturated heterocycles. The highest BCUT2D eigenvalue weighted by Crippen LogP contribution is 2.22. The third-order valence-corrected chi connectivity index (χ3v) is 3.72. The Labute approximate surface area is 118 Å². The number of rotatable bonds is 3. The van der Waals surface area contributed by atoms with Gasteiger partial charge in [0.25, 0.3) is 0 Å². The van der Waals surface area contributed by atoms with Crippen molar-refractivity contribution < 1.29 is 0 Å². The Balaban J connectivity index is 1.83. The fraction of sp³-hybridized carbons (Fsp3) is 0.500.